The van der Waals surface area contributed by atoms with Gasteiger partial charge in [-0.2, -0.15) is 0 Å². The average Bonchev–Trinajstić information content (AvgIpc) is 2.97. The molecule has 9 heteroatoms. The van der Waals surface area contributed by atoms with Gasteiger partial charge in [-0.15, -0.1) is 12.4 Å². The first-order valence-electron chi connectivity index (χ1n) is 13.7. The standard InChI is InChI=1S/C17H27NO3.C15H10O4.ClH/c1-2-3-12-20-16-5-7-17(8-6-16)21-13-4-9-18-10-14-19-15-11-18;16-10-6-11(17)15-12(18)8-13(19-14(15)7-10)9-4-2-1-3-5-9;/h5-8H,2-4,9-15H2,1H3;1-8,16-17H;1H. The van der Waals surface area contributed by atoms with Gasteiger partial charge in [-0.3, -0.25) is 9.69 Å². The van der Waals surface area contributed by atoms with Crippen LogP contribution in [0, 0.1) is 0 Å². The van der Waals surface area contributed by atoms with E-state index in [1.54, 1.807) is 0 Å². The second-order valence-corrected chi connectivity index (χ2v) is 9.51. The molecule has 2 heterocycles. The molecule has 220 valence electrons. The van der Waals surface area contributed by atoms with E-state index in [9.17, 15) is 15.0 Å². The van der Waals surface area contributed by atoms with Gasteiger partial charge in [0.25, 0.3) is 0 Å². The Morgan fingerprint density at radius 2 is 1.49 bits per heavy atom. The molecule has 0 spiro atoms. The molecule has 0 radical (unpaired) electrons. The van der Waals surface area contributed by atoms with Crippen molar-refractivity contribution >= 4 is 23.4 Å². The lowest BCUT2D eigenvalue weighted by Crippen LogP contribution is -2.37. The maximum Gasteiger partial charge on any atom is 0.197 e. The number of nitrogens with zero attached hydrogens (tertiary/aromatic N) is 1. The van der Waals surface area contributed by atoms with Gasteiger partial charge in [-0.05, 0) is 37.1 Å². The van der Waals surface area contributed by atoms with Crippen LogP contribution in [0.1, 0.15) is 26.2 Å². The van der Waals surface area contributed by atoms with E-state index in [0.29, 0.717) is 5.76 Å². The average molecular weight is 584 g/mol. The van der Waals surface area contributed by atoms with E-state index in [1.165, 1.54) is 12.1 Å². The second-order valence-electron chi connectivity index (χ2n) is 9.51. The van der Waals surface area contributed by atoms with E-state index in [4.69, 9.17) is 18.6 Å². The van der Waals surface area contributed by atoms with Gasteiger partial charge in [0.1, 0.15) is 39.7 Å². The number of halogens is 1. The number of hydrogen-bond acceptors (Lipinski definition) is 8. The van der Waals surface area contributed by atoms with Gasteiger partial charge >= 0.3 is 0 Å². The van der Waals surface area contributed by atoms with Crippen LogP contribution in [0.25, 0.3) is 22.3 Å². The summed E-state index contributed by atoms with van der Waals surface area (Å²) in [6, 6.07) is 20.8. The van der Waals surface area contributed by atoms with E-state index in [2.05, 4.69) is 11.8 Å². The number of hydrogen-bond donors (Lipinski definition) is 2. The SMILES string of the molecule is CCCCOc1ccc(OCCCN2CCOCC2)cc1.Cl.O=c1cc(-c2ccccc2)oc2cc(O)cc(O)c12. The van der Waals surface area contributed by atoms with Gasteiger partial charge in [0, 0.05) is 43.4 Å². The number of rotatable bonds is 10. The molecule has 0 atom stereocenters. The van der Waals surface area contributed by atoms with Gasteiger partial charge in [0.05, 0.1) is 26.4 Å². The third-order valence-corrected chi connectivity index (χ3v) is 6.43. The summed E-state index contributed by atoms with van der Waals surface area (Å²) in [6.45, 7) is 8.61. The predicted molar refractivity (Wildman–Crippen MR) is 163 cm³/mol. The minimum atomic E-state index is -0.349. The van der Waals surface area contributed by atoms with Gasteiger partial charge in [0.2, 0.25) is 0 Å². The summed E-state index contributed by atoms with van der Waals surface area (Å²) < 4.78 is 22.3. The lowest BCUT2D eigenvalue weighted by atomic mass is 10.1. The van der Waals surface area contributed by atoms with Crippen molar-refractivity contribution in [2.45, 2.75) is 26.2 Å². The first-order chi connectivity index (χ1) is 19.5. The Hall–Kier alpha value is -3.72. The fourth-order valence-corrected chi connectivity index (χ4v) is 4.27. The minimum absolute atomic E-state index is 0. The van der Waals surface area contributed by atoms with Gasteiger partial charge in [0.15, 0.2) is 5.43 Å². The van der Waals surface area contributed by atoms with Crippen LogP contribution in [-0.4, -0.2) is 61.2 Å². The van der Waals surface area contributed by atoms with Crippen molar-refractivity contribution in [3.8, 4) is 34.3 Å². The largest absolute Gasteiger partial charge is 0.508 e. The number of unbranched alkanes of at least 4 members (excludes halogenated alkanes) is 1. The molecule has 1 saturated heterocycles. The van der Waals surface area contributed by atoms with E-state index in [-0.39, 0.29) is 40.3 Å². The lowest BCUT2D eigenvalue weighted by Gasteiger charge is -2.26. The number of benzene rings is 3. The fourth-order valence-electron chi connectivity index (χ4n) is 4.27. The molecule has 4 aromatic rings. The Bertz CT molecular complexity index is 1390. The normalized spacial score (nSPS) is 13.1. The van der Waals surface area contributed by atoms with Crippen LogP contribution in [0.15, 0.2) is 82.0 Å². The summed E-state index contributed by atoms with van der Waals surface area (Å²) >= 11 is 0. The molecule has 1 fully saturated rings. The zero-order valence-electron chi connectivity index (χ0n) is 23.3. The molecule has 1 aliphatic rings. The number of phenolic OH excluding ortho intramolecular Hbond substituents is 2. The molecule has 41 heavy (non-hydrogen) atoms. The van der Waals surface area contributed by atoms with Crippen LogP contribution in [0.3, 0.4) is 0 Å². The van der Waals surface area contributed by atoms with Gasteiger partial charge in [-0.1, -0.05) is 43.7 Å². The van der Waals surface area contributed by atoms with E-state index >= 15 is 0 Å². The monoisotopic (exact) mass is 583 g/mol. The smallest absolute Gasteiger partial charge is 0.197 e. The third kappa shape index (κ3) is 9.70. The number of ether oxygens (including phenoxy) is 3. The lowest BCUT2D eigenvalue weighted by molar-refractivity contribution is 0.0358. The van der Waals surface area contributed by atoms with Crippen LogP contribution >= 0.6 is 12.4 Å². The van der Waals surface area contributed by atoms with Crippen LogP contribution in [0.4, 0.5) is 0 Å². The topological polar surface area (TPSA) is 102 Å². The first kappa shape index (κ1) is 31.8. The van der Waals surface area contributed by atoms with Crippen molar-refractivity contribution < 1.29 is 28.8 Å². The van der Waals surface area contributed by atoms with Crippen molar-refractivity contribution in [3.63, 3.8) is 0 Å². The fraction of sp³-hybridized carbons (Fsp3) is 0.344. The van der Waals surface area contributed by atoms with E-state index in [0.717, 1.165) is 88.5 Å². The summed E-state index contributed by atoms with van der Waals surface area (Å²) in [4.78, 5) is 14.4. The maximum atomic E-state index is 12.0. The van der Waals surface area contributed by atoms with E-state index < -0.39 is 0 Å². The molecule has 2 N–H and O–H groups in total. The predicted octanol–water partition coefficient (Wildman–Crippen LogP) is 6.26. The molecule has 3 aromatic carbocycles. The van der Waals surface area contributed by atoms with E-state index in [1.807, 2.05) is 54.6 Å². The molecule has 1 aromatic heterocycles. The van der Waals surface area contributed by atoms with Crippen molar-refractivity contribution in [2.75, 3.05) is 46.1 Å². The Balaban J connectivity index is 0.000000221. The molecule has 0 unspecified atom stereocenters. The number of morpholine rings is 1. The highest BCUT2D eigenvalue weighted by atomic mass is 35.5. The molecule has 8 nitrogen and oxygen atoms in total. The van der Waals surface area contributed by atoms with Gasteiger partial charge in [-0.25, -0.2) is 0 Å². The Kier molecular flexibility index (Phi) is 12.8. The Morgan fingerprint density at radius 3 is 2.12 bits per heavy atom. The zero-order chi connectivity index (χ0) is 28.2. The van der Waals surface area contributed by atoms with Crippen LogP contribution < -0.4 is 14.9 Å². The Morgan fingerprint density at radius 1 is 0.854 bits per heavy atom. The third-order valence-electron chi connectivity index (χ3n) is 6.43. The summed E-state index contributed by atoms with van der Waals surface area (Å²) in [6.07, 6.45) is 3.30. The quantitative estimate of drug-likeness (QED) is 0.211. The molecule has 0 amide bonds. The summed E-state index contributed by atoms with van der Waals surface area (Å²) in [5.41, 5.74) is 0.561. The highest BCUT2D eigenvalue weighted by Gasteiger charge is 2.12. The molecule has 0 aliphatic carbocycles. The van der Waals surface area contributed by atoms with Crippen LogP contribution in [-0.2, 0) is 4.74 Å². The van der Waals surface area contributed by atoms with Crippen molar-refractivity contribution in [3.05, 3.63) is 83.0 Å². The maximum absolute atomic E-state index is 12.0. The molecular weight excluding hydrogens is 546 g/mol. The van der Waals surface area contributed by atoms with Crippen LogP contribution in [0.2, 0.25) is 0 Å². The molecule has 5 rings (SSSR count). The Labute approximate surface area is 246 Å². The second kappa shape index (κ2) is 16.5. The minimum Gasteiger partial charge on any atom is -0.508 e. The number of aromatic hydroxyl groups is 2. The highest BCUT2D eigenvalue weighted by Crippen LogP contribution is 2.30. The molecule has 0 saturated carbocycles. The van der Waals surface area contributed by atoms with Crippen molar-refractivity contribution in [1.82, 2.24) is 4.90 Å². The molecular formula is C32H38ClNO7. The summed E-state index contributed by atoms with van der Waals surface area (Å²) in [5, 5.41) is 19.2. The van der Waals surface area contributed by atoms with Crippen molar-refractivity contribution in [1.29, 1.82) is 0 Å². The van der Waals surface area contributed by atoms with Crippen molar-refractivity contribution in [2.24, 2.45) is 0 Å². The first-order valence-corrected chi connectivity index (χ1v) is 13.7. The van der Waals surface area contributed by atoms with Gasteiger partial charge < -0.3 is 28.8 Å². The van der Waals surface area contributed by atoms with Crippen LogP contribution in [0.5, 0.6) is 23.0 Å². The molecule has 1 aliphatic heterocycles. The summed E-state index contributed by atoms with van der Waals surface area (Å²) in [5.74, 6) is 1.79. The molecule has 0 bridgehead atoms. The number of fused-ring (bicyclic) bond motifs is 1. The zero-order valence-corrected chi connectivity index (χ0v) is 24.1. The number of phenols is 2. The summed E-state index contributed by atoms with van der Waals surface area (Å²) in [7, 11) is 0. The highest BCUT2D eigenvalue weighted by molar-refractivity contribution is 5.86.